The van der Waals surface area contributed by atoms with Crippen molar-refractivity contribution in [2.75, 3.05) is 6.61 Å². The van der Waals surface area contributed by atoms with E-state index < -0.39 is 0 Å². The summed E-state index contributed by atoms with van der Waals surface area (Å²) in [6, 6.07) is 11.2. The van der Waals surface area contributed by atoms with Crippen molar-refractivity contribution < 1.29 is 9.53 Å². The van der Waals surface area contributed by atoms with Crippen LogP contribution in [-0.4, -0.2) is 22.1 Å². The minimum Gasteiger partial charge on any atom is -0.463 e. The van der Waals surface area contributed by atoms with E-state index in [-0.39, 0.29) is 5.97 Å². The van der Waals surface area contributed by atoms with Crippen molar-refractivity contribution >= 4 is 35.2 Å². The molecule has 3 rings (SSSR count). The highest BCUT2D eigenvalue weighted by Gasteiger charge is 2.14. The quantitative estimate of drug-likeness (QED) is 0.434. The van der Waals surface area contributed by atoms with Crippen molar-refractivity contribution in [1.82, 2.24) is 9.55 Å². The summed E-state index contributed by atoms with van der Waals surface area (Å²) < 4.78 is 6.84. The summed E-state index contributed by atoms with van der Waals surface area (Å²) in [5.41, 5.74) is 3.43. The van der Waals surface area contributed by atoms with Crippen LogP contribution in [0.2, 0.25) is 10.0 Å². The zero-order chi connectivity index (χ0) is 18.5. The molecule has 0 unspecified atom stereocenters. The van der Waals surface area contributed by atoms with Crippen LogP contribution in [-0.2, 0) is 9.53 Å². The molecule has 0 aliphatic heterocycles. The lowest BCUT2D eigenvalue weighted by atomic mass is 9.99. The Morgan fingerprint density at radius 1 is 1.23 bits per heavy atom. The molecule has 0 atom stereocenters. The van der Waals surface area contributed by atoms with Crippen LogP contribution in [0.5, 0.6) is 0 Å². The minimum absolute atomic E-state index is 0.331. The third-order valence-corrected chi connectivity index (χ3v) is 4.28. The summed E-state index contributed by atoms with van der Waals surface area (Å²) in [5.74, 6) is -0.390. The van der Waals surface area contributed by atoms with Crippen LogP contribution in [0.4, 0.5) is 0 Å². The van der Waals surface area contributed by atoms with E-state index in [9.17, 15) is 4.79 Å². The summed E-state index contributed by atoms with van der Waals surface area (Å²) in [5, 5.41) is 1.12. The van der Waals surface area contributed by atoms with E-state index in [1.807, 2.05) is 35.0 Å². The van der Waals surface area contributed by atoms with Crippen molar-refractivity contribution in [1.29, 1.82) is 0 Å². The maximum absolute atomic E-state index is 11.7. The van der Waals surface area contributed by atoms with E-state index in [1.54, 1.807) is 37.7 Å². The molecule has 0 bridgehead atoms. The first-order valence-electron chi connectivity index (χ1n) is 8.01. The summed E-state index contributed by atoms with van der Waals surface area (Å²) in [7, 11) is 0. The highest BCUT2D eigenvalue weighted by atomic mass is 35.5. The van der Waals surface area contributed by atoms with Crippen LogP contribution in [0.15, 0.2) is 61.2 Å². The van der Waals surface area contributed by atoms with E-state index in [0.717, 1.165) is 22.4 Å². The SMILES string of the molecule is CCOC(=O)/C=C/c1cccc(-c2ccc(Cl)cc2Cl)c1-n1ccnc1. The normalized spacial score (nSPS) is 11.0. The standard InChI is InChI=1S/C20H16Cl2N2O2/c1-2-26-19(25)9-6-14-4-3-5-17(20(14)24-11-10-23-13-24)16-8-7-15(21)12-18(16)22/h3-13H,2H2,1H3/b9-6+. The molecule has 1 aromatic heterocycles. The third kappa shape index (κ3) is 3.98. The summed E-state index contributed by atoms with van der Waals surface area (Å²) in [6.45, 7) is 2.10. The fraction of sp³-hybridized carbons (Fsp3) is 0.100. The van der Waals surface area contributed by atoms with Gasteiger partial charge in [0.1, 0.15) is 0 Å². The maximum atomic E-state index is 11.7. The van der Waals surface area contributed by atoms with Crippen LogP contribution in [0.3, 0.4) is 0 Å². The molecule has 0 amide bonds. The highest BCUT2D eigenvalue weighted by molar-refractivity contribution is 6.36. The Kier molecular flexibility index (Phi) is 5.76. The van der Waals surface area contributed by atoms with E-state index in [2.05, 4.69) is 4.98 Å². The number of nitrogens with zero attached hydrogens (tertiary/aromatic N) is 2. The molecular weight excluding hydrogens is 371 g/mol. The molecular formula is C20H16Cl2N2O2. The minimum atomic E-state index is -0.390. The lowest BCUT2D eigenvalue weighted by Gasteiger charge is -2.15. The average Bonchev–Trinajstić information content (AvgIpc) is 3.14. The Morgan fingerprint density at radius 3 is 2.77 bits per heavy atom. The largest absolute Gasteiger partial charge is 0.463 e. The van der Waals surface area contributed by atoms with Crippen LogP contribution in [0.1, 0.15) is 12.5 Å². The number of rotatable bonds is 5. The van der Waals surface area contributed by atoms with Gasteiger partial charge < -0.3 is 9.30 Å². The number of benzene rings is 2. The Labute approximate surface area is 161 Å². The van der Waals surface area contributed by atoms with Gasteiger partial charge in [0.2, 0.25) is 0 Å². The molecule has 0 radical (unpaired) electrons. The molecule has 6 heteroatoms. The Morgan fingerprint density at radius 2 is 2.08 bits per heavy atom. The van der Waals surface area contributed by atoms with Crippen molar-refractivity contribution in [3.63, 3.8) is 0 Å². The van der Waals surface area contributed by atoms with Crippen LogP contribution in [0, 0.1) is 0 Å². The molecule has 0 N–H and O–H groups in total. The number of hydrogen-bond acceptors (Lipinski definition) is 3. The number of esters is 1. The van der Waals surface area contributed by atoms with Crippen molar-refractivity contribution in [2.24, 2.45) is 0 Å². The van der Waals surface area contributed by atoms with Gasteiger partial charge >= 0.3 is 5.97 Å². The van der Waals surface area contributed by atoms with E-state index in [1.165, 1.54) is 6.08 Å². The predicted octanol–water partition coefficient (Wildman–Crippen LogP) is 5.42. The van der Waals surface area contributed by atoms with Crippen molar-refractivity contribution in [2.45, 2.75) is 6.92 Å². The molecule has 132 valence electrons. The second kappa shape index (κ2) is 8.21. The second-order valence-corrected chi connectivity index (χ2v) is 6.27. The maximum Gasteiger partial charge on any atom is 0.330 e. The number of imidazole rings is 1. The lowest BCUT2D eigenvalue weighted by molar-refractivity contribution is -0.137. The number of para-hydroxylation sites is 1. The molecule has 26 heavy (non-hydrogen) atoms. The van der Waals surface area contributed by atoms with Gasteiger partial charge in [-0.05, 0) is 30.7 Å². The van der Waals surface area contributed by atoms with Gasteiger partial charge in [-0.2, -0.15) is 0 Å². The smallest absolute Gasteiger partial charge is 0.330 e. The van der Waals surface area contributed by atoms with E-state index >= 15 is 0 Å². The second-order valence-electron chi connectivity index (χ2n) is 5.42. The first-order chi connectivity index (χ1) is 12.6. The topological polar surface area (TPSA) is 44.1 Å². The average molecular weight is 387 g/mol. The van der Waals surface area contributed by atoms with Gasteiger partial charge in [-0.25, -0.2) is 9.78 Å². The predicted molar refractivity (Wildman–Crippen MR) is 105 cm³/mol. The van der Waals surface area contributed by atoms with Crippen molar-refractivity contribution in [3.8, 4) is 16.8 Å². The Balaban J connectivity index is 2.16. The molecule has 0 saturated heterocycles. The molecule has 0 aliphatic rings. The number of hydrogen-bond donors (Lipinski definition) is 0. The molecule has 0 fully saturated rings. The molecule has 3 aromatic rings. The molecule has 0 aliphatic carbocycles. The first-order valence-corrected chi connectivity index (χ1v) is 8.77. The van der Waals surface area contributed by atoms with Gasteiger partial charge in [-0.3, -0.25) is 0 Å². The number of ether oxygens (including phenoxy) is 1. The number of halogens is 2. The Hall–Kier alpha value is -2.56. The number of carbonyl (C=O) groups is 1. The number of aromatic nitrogens is 2. The molecule has 1 heterocycles. The van der Waals surface area contributed by atoms with Gasteiger partial charge in [0, 0.05) is 39.6 Å². The summed E-state index contributed by atoms with van der Waals surface area (Å²) in [4.78, 5) is 15.8. The Bertz CT molecular complexity index is 950. The number of carbonyl (C=O) groups excluding carboxylic acids is 1. The van der Waals surface area contributed by atoms with Gasteiger partial charge in [0.25, 0.3) is 0 Å². The molecule has 0 saturated carbocycles. The van der Waals surface area contributed by atoms with Gasteiger partial charge in [0.15, 0.2) is 0 Å². The fourth-order valence-corrected chi connectivity index (χ4v) is 3.16. The summed E-state index contributed by atoms with van der Waals surface area (Å²) >= 11 is 12.4. The van der Waals surface area contributed by atoms with Gasteiger partial charge in [-0.1, -0.05) is 47.5 Å². The zero-order valence-electron chi connectivity index (χ0n) is 14.0. The lowest BCUT2D eigenvalue weighted by Crippen LogP contribution is -2.01. The van der Waals surface area contributed by atoms with Crippen molar-refractivity contribution in [3.05, 3.63) is 76.8 Å². The van der Waals surface area contributed by atoms with Crippen LogP contribution < -0.4 is 0 Å². The summed E-state index contributed by atoms with van der Waals surface area (Å²) in [6.07, 6.45) is 8.36. The van der Waals surface area contributed by atoms with Crippen LogP contribution >= 0.6 is 23.2 Å². The van der Waals surface area contributed by atoms with Gasteiger partial charge in [-0.15, -0.1) is 0 Å². The van der Waals surface area contributed by atoms with E-state index in [0.29, 0.717) is 16.7 Å². The van der Waals surface area contributed by atoms with E-state index in [4.69, 9.17) is 27.9 Å². The molecule has 2 aromatic carbocycles. The molecule has 4 nitrogen and oxygen atoms in total. The fourth-order valence-electron chi connectivity index (χ4n) is 2.65. The monoisotopic (exact) mass is 386 g/mol. The molecule has 0 spiro atoms. The highest BCUT2D eigenvalue weighted by Crippen LogP contribution is 2.36. The van der Waals surface area contributed by atoms with Crippen LogP contribution in [0.25, 0.3) is 22.9 Å². The zero-order valence-corrected chi connectivity index (χ0v) is 15.5. The first kappa shape index (κ1) is 18.2. The third-order valence-electron chi connectivity index (χ3n) is 3.74. The van der Waals surface area contributed by atoms with Gasteiger partial charge in [0.05, 0.1) is 18.6 Å².